The molecule has 0 N–H and O–H groups in total. The van der Waals surface area contributed by atoms with E-state index >= 15 is 0 Å². The first-order chi connectivity index (χ1) is 17.7. The van der Waals surface area contributed by atoms with E-state index in [9.17, 15) is 0 Å². The number of pyridine rings is 1. The first-order valence-electron chi connectivity index (χ1n) is 12.0. The average Bonchev–Trinajstić information content (AvgIpc) is 3.65. The van der Waals surface area contributed by atoms with E-state index in [-0.39, 0.29) is 6.23 Å². The van der Waals surface area contributed by atoms with E-state index in [1.165, 1.54) is 0 Å². The maximum atomic E-state index is 5.96. The number of benzene rings is 1. The third-order valence-electron chi connectivity index (χ3n) is 6.18. The Balaban J connectivity index is 1.49. The van der Waals surface area contributed by atoms with Crippen LogP contribution in [0.1, 0.15) is 31.2 Å². The standard InChI is InChI=1S/C26H25ClN6O2S/c1-17-21(23-19(34-15-12-27)10-7-13-32(23)30-17)26-29-22(18-8-3-2-4-9-18)24(36-26)25-28-16-33(31-25)20-11-5-6-14-35-20/h2-4,7-10,13,16,20H,5-6,11-12,14-15H2,1H3. The van der Waals surface area contributed by atoms with Crippen molar-refractivity contribution in [3.63, 3.8) is 0 Å². The summed E-state index contributed by atoms with van der Waals surface area (Å²) in [5, 5.41) is 10.4. The van der Waals surface area contributed by atoms with E-state index < -0.39 is 0 Å². The number of nitrogens with zero attached hydrogens (tertiary/aromatic N) is 6. The summed E-state index contributed by atoms with van der Waals surface area (Å²) in [7, 11) is 0. The lowest BCUT2D eigenvalue weighted by molar-refractivity contribution is -0.0395. The van der Waals surface area contributed by atoms with Crippen LogP contribution in [0.15, 0.2) is 55.0 Å². The van der Waals surface area contributed by atoms with Gasteiger partial charge in [0.15, 0.2) is 12.1 Å². The number of alkyl halides is 1. The topological polar surface area (TPSA) is 79.4 Å². The number of hydrogen-bond donors (Lipinski definition) is 0. The summed E-state index contributed by atoms with van der Waals surface area (Å²) in [5.74, 6) is 1.77. The molecule has 0 bridgehead atoms. The minimum absolute atomic E-state index is 0.0731. The summed E-state index contributed by atoms with van der Waals surface area (Å²) in [6.45, 7) is 3.15. The van der Waals surface area contributed by atoms with E-state index in [4.69, 9.17) is 36.3 Å². The van der Waals surface area contributed by atoms with Gasteiger partial charge in [-0.25, -0.2) is 19.2 Å². The molecule has 8 nitrogen and oxygen atoms in total. The van der Waals surface area contributed by atoms with Gasteiger partial charge in [-0.1, -0.05) is 30.3 Å². The third-order valence-corrected chi connectivity index (χ3v) is 7.40. The Morgan fingerprint density at radius 3 is 2.83 bits per heavy atom. The molecular weight excluding hydrogens is 496 g/mol. The van der Waals surface area contributed by atoms with E-state index in [1.807, 2.05) is 52.6 Å². The molecule has 184 valence electrons. The molecule has 1 fully saturated rings. The second kappa shape index (κ2) is 10.0. The number of hydrogen-bond acceptors (Lipinski definition) is 7. The number of thiazole rings is 1. The zero-order valence-corrected chi connectivity index (χ0v) is 21.4. The Morgan fingerprint density at radius 2 is 2.03 bits per heavy atom. The lowest BCUT2D eigenvalue weighted by Gasteiger charge is -2.21. The highest BCUT2D eigenvalue weighted by Crippen LogP contribution is 2.43. The van der Waals surface area contributed by atoms with Crippen LogP contribution >= 0.6 is 22.9 Å². The van der Waals surface area contributed by atoms with E-state index in [2.05, 4.69) is 17.1 Å². The number of aromatic nitrogens is 6. The van der Waals surface area contributed by atoms with Crippen LogP contribution in [0, 0.1) is 6.92 Å². The molecule has 0 saturated carbocycles. The summed E-state index contributed by atoms with van der Waals surface area (Å²) >= 11 is 7.46. The molecule has 0 spiro atoms. The molecule has 1 aliphatic rings. The molecule has 1 atom stereocenters. The minimum atomic E-state index is -0.0731. The maximum Gasteiger partial charge on any atom is 0.193 e. The molecular formula is C26H25ClN6O2S. The normalized spacial score (nSPS) is 16.0. The van der Waals surface area contributed by atoms with Crippen molar-refractivity contribution in [3.05, 3.63) is 60.7 Å². The summed E-state index contributed by atoms with van der Waals surface area (Å²) in [6.07, 6.45) is 6.76. The van der Waals surface area contributed by atoms with Crippen LogP contribution in [-0.2, 0) is 4.74 Å². The first-order valence-corrected chi connectivity index (χ1v) is 13.3. The Hall–Kier alpha value is -3.27. The van der Waals surface area contributed by atoms with Gasteiger partial charge >= 0.3 is 0 Å². The first kappa shape index (κ1) is 23.1. The molecule has 0 amide bonds. The Bertz CT molecular complexity index is 1490. The van der Waals surface area contributed by atoms with Crippen LogP contribution in [-0.4, -0.2) is 48.5 Å². The molecule has 5 aromatic rings. The minimum Gasteiger partial charge on any atom is -0.490 e. The zero-order chi connectivity index (χ0) is 24.5. The van der Waals surface area contributed by atoms with Gasteiger partial charge in [-0.3, -0.25) is 0 Å². The van der Waals surface area contributed by atoms with Gasteiger partial charge in [0.25, 0.3) is 0 Å². The molecule has 10 heteroatoms. The summed E-state index contributed by atoms with van der Waals surface area (Å²) in [6, 6.07) is 14.0. The summed E-state index contributed by atoms with van der Waals surface area (Å²) in [5.41, 5.74) is 4.52. The third kappa shape index (κ3) is 4.27. The molecule has 0 radical (unpaired) electrons. The predicted octanol–water partition coefficient (Wildman–Crippen LogP) is 6.01. The number of halogens is 1. The van der Waals surface area contributed by atoms with Crippen LogP contribution in [0.3, 0.4) is 0 Å². The molecule has 4 aromatic heterocycles. The molecule has 1 aliphatic heterocycles. The van der Waals surface area contributed by atoms with Gasteiger partial charge in [-0.05, 0) is 38.3 Å². The smallest absolute Gasteiger partial charge is 0.193 e. The Kier molecular flexibility index (Phi) is 6.43. The highest BCUT2D eigenvalue weighted by Gasteiger charge is 2.25. The lowest BCUT2D eigenvalue weighted by Crippen LogP contribution is -2.18. The summed E-state index contributed by atoms with van der Waals surface area (Å²) in [4.78, 5) is 10.7. The monoisotopic (exact) mass is 520 g/mol. The molecule has 0 aliphatic carbocycles. The second-order valence-corrected chi connectivity index (χ2v) is 9.97. The lowest BCUT2D eigenvalue weighted by atomic mass is 10.1. The van der Waals surface area contributed by atoms with Gasteiger partial charge in [0, 0.05) is 18.4 Å². The number of aryl methyl sites for hydroxylation is 1. The quantitative estimate of drug-likeness (QED) is 0.244. The van der Waals surface area contributed by atoms with Crippen LogP contribution in [0.2, 0.25) is 0 Å². The van der Waals surface area contributed by atoms with Crippen molar-refractivity contribution in [3.8, 4) is 38.3 Å². The maximum absolute atomic E-state index is 5.96. The van der Waals surface area contributed by atoms with Crippen molar-refractivity contribution >= 4 is 28.5 Å². The molecule has 1 aromatic carbocycles. The average molecular weight is 521 g/mol. The SMILES string of the molecule is Cc1nn2cccc(OCCCl)c2c1-c1nc(-c2ccccc2)c(-c2ncn(C3CCCCO3)n2)s1. The van der Waals surface area contributed by atoms with Crippen molar-refractivity contribution in [1.82, 2.24) is 29.4 Å². The van der Waals surface area contributed by atoms with Crippen LogP contribution in [0.25, 0.3) is 38.0 Å². The number of fused-ring (bicyclic) bond motifs is 1. The van der Waals surface area contributed by atoms with Gasteiger partial charge in [-0.2, -0.15) is 5.10 Å². The van der Waals surface area contributed by atoms with Crippen LogP contribution in [0.4, 0.5) is 0 Å². The molecule has 5 heterocycles. The number of rotatable bonds is 7. The molecule has 1 unspecified atom stereocenters. The second-order valence-electron chi connectivity index (χ2n) is 8.60. The fourth-order valence-corrected chi connectivity index (χ4v) is 5.72. The van der Waals surface area contributed by atoms with Gasteiger partial charge in [0.2, 0.25) is 0 Å². The Morgan fingerprint density at radius 1 is 1.14 bits per heavy atom. The molecule has 6 rings (SSSR count). The number of ether oxygens (including phenoxy) is 2. The van der Waals surface area contributed by atoms with Crippen molar-refractivity contribution in [1.29, 1.82) is 0 Å². The highest BCUT2D eigenvalue weighted by molar-refractivity contribution is 7.19. The van der Waals surface area contributed by atoms with Gasteiger partial charge in [0.1, 0.15) is 34.1 Å². The van der Waals surface area contributed by atoms with Gasteiger partial charge in [0.05, 0.1) is 22.8 Å². The summed E-state index contributed by atoms with van der Waals surface area (Å²) < 4.78 is 15.6. The molecule has 36 heavy (non-hydrogen) atoms. The largest absolute Gasteiger partial charge is 0.490 e. The van der Waals surface area contributed by atoms with Gasteiger partial charge in [-0.15, -0.1) is 28.0 Å². The fourth-order valence-electron chi connectivity index (χ4n) is 4.52. The van der Waals surface area contributed by atoms with Crippen molar-refractivity contribution in [2.45, 2.75) is 32.4 Å². The van der Waals surface area contributed by atoms with Gasteiger partial charge < -0.3 is 9.47 Å². The van der Waals surface area contributed by atoms with Crippen molar-refractivity contribution in [2.24, 2.45) is 0 Å². The Labute approximate surface area is 217 Å². The molecule has 1 saturated heterocycles. The fraction of sp³-hybridized carbons (Fsp3) is 0.308. The van der Waals surface area contributed by atoms with E-state index in [0.717, 1.165) is 69.5 Å². The van der Waals surface area contributed by atoms with Crippen molar-refractivity contribution in [2.75, 3.05) is 19.1 Å². The predicted molar refractivity (Wildman–Crippen MR) is 141 cm³/mol. The highest BCUT2D eigenvalue weighted by atomic mass is 35.5. The van der Waals surface area contributed by atoms with E-state index in [1.54, 1.807) is 17.7 Å². The zero-order valence-electron chi connectivity index (χ0n) is 19.8. The van der Waals surface area contributed by atoms with Crippen LogP contribution in [0.5, 0.6) is 5.75 Å². The van der Waals surface area contributed by atoms with Crippen LogP contribution < -0.4 is 4.74 Å². The van der Waals surface area contributed by atoms with Crippen molar-refractivity contribution < 1.29 is 9.47 Å². The van der Waals surface area contributed by atoms with E-state index in [0.29, 0.717) is 18.3 Å².